The second-order valence-corrected chi connectivity index (χ2v) is 6.77. The Balaban J connectivity index is 1.91. The molecule has 5 heteroatoms. The SMILES string of the molecule is COc1ccc([C@H](C)NC(=O)CSc2ccc(C)c(C)c2)cc1F. The lowest BCUT2D eigenvalue weighted by Gasteiger charge is -2.15. The number of hydrogen-bond acceptors (Lipinski definition) is 3. The summed E-state index contributed by atoms with van der Waals surface area (Å²) in [6.07, 6.45) is 0. The number of carbonyl (C=O) groups excluding carboxylic acids is 1. The van der Waals surface area contributed by atoms with Crippen LogP contribution >= 0.6 is 11.8 Å². The van der Waals surface area contributed by atoms with Crippen LogP contribution in [0.1, 0.15) is 29.7 Å². The summed E-state index contributed by atoms with van der Waals surface area (Å²) < 4.78 is 18.6. The summed E-state index contributed by atoms with van der Waals surface area (Å²) in [5.74, 6) is 0.0102. The molecule has 2 aromatic carbocycles. The highest BCUT2D eigenvalue weighted by Gasteiger charge is 2.12. The van der Waals surface area contributed by atoms with Gasteiger partial charge in [-0.2, -0.15) is 0 Å². The van der Waals surface area contributed by atoms with Gasteiger partial charge in [-0.15, -0.1) is 11.8 Å². The Labute approximate surface area is 146 Å². The van der Waals surface area contributed by atoms with E-state index in [1.807, 2.05) is 13.0 Å². The molecule has 0 aliphatic heterocycles. The molecule has 0 saturated heterocycles. The summed E-state index contributed by atoms with van der Waals surface area (Å²) in [7, 11) is 1.42. The van der Waals surface area contributed by atoms with Crippen LogP contribution in [0, 0.1) is 19.7 Å². The molecular weight excluding hydrogens is 325 g/mol. The van der Waals surface area contributed by atoms with Crippen LogP contribution in [-0.4, -0.2) is 18.8 Å². The van der Waals surface area contributed by atoms with Gasteiger partial charge in [-0.25, -0.2) is 4.39 Å². The Morgan fingerprint density at radius 1 is 1.21 bits per heavy atom. The van der Waals surface area contributed by atoms with Crippen molar-refractivity contribution in [2.75, 3.05) is 12.9 Å². The molecule has 0 aromatic heterocycles. The number of rotatable bonds is 6. The van der Waals surface area contributed by atoms with Crippen LogP contribution in [0.3, 0.4) is 0 Å². The largest absolute Gasteiger partial charge is 0.494 e. The first-order chi connectivity index (χ1) is 11.4. The van der Waals surface area contributed by atoms with Gasteiger partial charge in [-0.05, 0) is 61.7 Å². The fourth-order valence-electron chi connectivity index (χ4n) is 2.27. The van der Waals surface area contributed by atoms with Crippen LogP contribution < -0.4 is 10.1 Å². The minimum Gasteiger partial charge on any atom is -0.494 e. The van der Waals surface area contributed by atoms with Gasteiger partial charge in [-0.3, -0.25) is 4.79 Å². The molecule has 24 heavy (non-hydrogen) atoms. The van der Waals surface area contributed by atoms with E-state index in [1.54, 1.807) is 12.1 Å². The molecule has 0 fully saturated rings. The molecule has 0 unspecified atom stereocenters. The summed E-state index contributed by atoms with van der Waals surface area (Å²) in [6.45, 7) is 5.95. The molecule has 0 aliphatic carbocycles. The summed E-state index contributed by atoms with van der Waals surface area (Å²) in [6, 6.07) is 10.6. The van der Waals surface area contributed by atoms with Crippen LogP contribution in [0.5, 0.6) is 5.75 Å². The molecule has 1 N–H and O–H groups in total. The highest BCUT2D eigenvalue weighted by molar-refractivity contribution is 8.00. The Hall–Kier alpha value is -2.01. The van der Waals surface area contributed by atoms with Crippen molar-refractivity contribution < 1.29 is 13.9 Å². The van der Waals surface area contributed by atoms with Gasteiger partial charge in [0.25, 0.3) is 0 Å². The van der Waals surface area contributed by atoms with Crippen molar-refractivity contribution in [3.63, 3.8) is 0 Å². The number of hydrogen-bond donors (Lipinski definition) is 1. The minimum atomic E-state index is -0.430. The molecule has 0 heterocycles. The van der Waals surface area contributed by atoms with E-state index in [2.05, 4.69) is 31.3 Å². The number of benzene rings is 2. The van der Waals surface area contributed by atoms with Gasteiger partial charge in [-0.1, -0.05) is 12.1 Å². The number of aryl methyl sites for hydroxylation is 2. The molecule has 0 radical (unpaired) electrons. The number of ether oxygens (including phenoxy) is 1. The molecule has 2 rings (SSSR count). The van der Waals surface area contributed by atoms with E-state index in [1.165, 1.54) is 36.1 Å². The maximum absolute atomic E-state index is 13.7. The predicted molar refractivity (Wildman–Crippen MR) is 96.1 cm³/mol. The number of amides is 1. The first-order valence-corrected chi connectivity index (χ1v) is 8.72. The van der Waals surface area contributed by atoms with E-state index >= 15 is 0 Å². The number of carbonyl (C=O) groups is 1. The first kappa shape index (κ1) is 18.3. The van der Waals surface area contributed by atoms with Crippen molar-refractivity contribution in [2.24, 2.45) is 0 Å². The zero-order chi connectivity index (χ0) is 17.7. The quantitative estimate of drug-likeness (QED) is 0.786. The Bertz CT molecular complexity index is 733. The summed E-state index contributed by atoms with van der Waals surface area (Å²) in [4.78, 5) is 13.2. The lowest BCUT2D eigenvalue weighted by Crippen LogP contribution is -2.28. The molecule has 0 spiro atoms. The van der Waals surface area contributed by atoms with E-state index in [9.17, 15) is 9.18 Å². The van der Waals surface area contributed by atoms with Crippen molar-refractivity contribution in [1.82, 2.24) is 5.32 Å². The van der Waals surface area contributed by atoms with E-state index in [-0.39, 0.29) is 17.7 Å². The fourth-order valence-corrected chi connectivity index (χ4v) is 3.08. The van der Waals surface area contributed by atoms with E-state index in [4.69, 9.17) is 4.74 Å². The number of methoxy groups -OCH3 is 1. The van der Waals surface area contributed by atoms with Gasteiger partial charge in [0, 0.05) is 4.90 Å². The normalized spacial score (nSPS) is 11.9. The Kier molecular flexibility index (Phi) is 6.26. The summed E-state index contributed by atoms with van der Waals surface area (Å²) in [5.41, 5.74) is 3.15. The third-order valence-corrected chi connectivity index (χ3v) is 4.90. The maximum atomic E-state index is 13.7. The molecule has 3 nitrogen and oxygen atoms in total. The standard InChI is InChI=1S/C19H22FNO2S/c1-12-5-7-16(9-13(12)2)24-11-19(22)21-14(3)15-6-8-18(23-4)17(20)10-15/h5-10,14H,11H2,1-4H3,(H,21,22)/t14-/m0/s1. The zero-order valence-electron chi connectivity index (χ0n) is 14.4. The van der Waals surface area contributed by atoms with Crippen LogP contribution in [-0.2, 0) is 4.79 Å². The topological polar surface area (TPSA) is 38.3 Å². The molecule has 2 aromatic rings. The van der Waals surface area contributed by atoms with E-state index in [0.717, 1.165) is 4.90 Å². The molecule has 0 aliphatic rings. The highest BCUT2D eigenvalue weighted by Crippen LogP contribution is 2.23. The molecule has 1 atom stereocenters. The van der Waals surface area contributed by atoms with Crippen molar-refractivity contribution >= 4 is 17.7 Å². The monoisotopic (exact) mass is 347 g/mol. The summed E-state index contributed by atoms with van der Waals surface area (Å²) >= 11 is 1.49. The highest BCUT2D eigenvalue weighted by atomic mass is 32.2. The smallest absolute Gasteiger partial charge is 0.230 e. The molecule has 0 saturated carbocycles. The third kappa shape index (κ3) is 4.74. The molecular formula is C19H22FNO2S. The van der Waals surface area contributed by atoms with Gasteiger partial charge in [0.15, 0.2) is 11.6 Å². The van der Waals surface area contributed by atoms with E-state index in [0.29, 0.717) is 11.3 Å². The molecule has 0 bridgehead atoms. The second-order valence-electron chi connectivity index (χ2n) is 5.72. The Morgan fingerprint density at radius 3 is 2.58 bits per heavy atom. The Morgan fingerprint density at radius 2 is 1.96 bits per heavy atom. The first-order valence-electron chi connectivity index (χ1n) is 7.73. The molecule has 1 amide bonds. The second kappa shape index (κ2) is 8.20. The lowest BCUT2D eigenvalue weighted by atomic mass is 10.1. The third-order valence-electron chi connectivity index (χ3n) is 3.90. The van der Waals surface area contributed by atoms with Crippen LogP contribution in [0.2, 0.25) is 0 Å². The number of nitrogens with one attached hydrogen (secondary N) is 1. The fraction of sp³-hybridized carbons (Fsp3) is 0.316. The van der Waals surface area contributed by atoms with Gasteiger partial charge in [0.2, 0.25) is 5.91 Å². The number of thioether (sulfide) groups is 1. The minimum absolute atomic E-state index is 0.0815. The number of halogens is 1. The predicted octanol–water partition coefficient (Wildman–Crippen LogP) is 4.42. The summed E-state index contributed by atoms with van der Waals surface area (Å²) in [5, 5.41) is 2.89. The lowest BCUT2D eigenvalue weighted by molar-refractivity contribution is -0.119. The van der Waals surface area contributed by atoms with Gasteiger partial charge >= 0.3 is 0 Å². The van der Waals surface area contributed by atoms with Crippen LogP contribution in [0.15, 0.2) is 41.3 Å². The van der Waals surface area contributed by atoms with Crippen molar-refractivity contribution in [1.29, 1.82) is 0 Å². The van der Waals surface area contributed by atoms with Gasteiger partial charge in [0.1, 0.15) is 0 Å². The van der Waals surface area contributed by atoms with Crippen molar-refractivity contribution in [3.05, 3.63) is 58.9 Å². The van der Waals surface area contributed by atoms with Gasteiger partial charge < -0.3 is 10.1 Å². The zero-order valence-corrected chi connectivity index (χ0v) is 15.2. The van der Waals surface area contributed by atoms with Crippen LogP contribution in [0.4, 0.5) is 4.39 Å². The molecule has 128 valence electrons. The van der Waals surface area contributed by atoms with Gasteiger partial charge in [0.05, 0.1) is 18.9 Å². The van der Waals surface area contributed by atoms with Crippen molar-refractivity contribution in [3.8, 4) is 5.75 Å². The average molecular weight is 347 g/mol. The van der Waals surface area contributed by atoms with Crippen LogP contribution in [0.25, 0.3) is 0 Å². The van der Waals surface area contributed by atoms with E-state index < -0.39 is 5.82 Å². The maximum Gasteiger partial charge on any atom is 0.230 e. The van der Waals surface area contributed by atoms with Crippen molar-refractivity contribution in [2.45, 2.75) is 31.7 Å². The average Bonchev–Trinajstić information content (AvgIpc) is 2.55.